The number of anilines is 1. The largest absolute Gasteiger partial charge is 0.497 e. The molecule has 0 amide bonds. The third-order valence-electron chi connectivity index (χ3n) is 4.12. The van der Waals surface area contributed by atoms with Crippen LogP contribution in [-0.2, 0) is 6.18 Å². The normalized spacial score (nSPS) is 11.6. The van der Waals surface area contributed by atoms with Gasteiger partial charge in [-0.2, -0.15) is 22.8 Å². The van der Waals surface area contributed by atoms with Crippen LogP contribution in [0, 0.1) is 0 Å². The molecule has 0 spiro atoms. The topological polar surface area (TPSA) is 105 Å². The molecule has 0 bridgehead atoms. The predicted molar refractivity (Wildman–Crippen MR) is 96.1 cm³/mol. The van der Waals surface area contributed by atoms with Crippen LogP contribution in [0.4, 0.5) is 19.0 Å². The van der Waals surface area contributed by atoms with E-state index in [1.165, 1.54) is 18.2 Å². The zero-order valence-electron chi connectivity index (χ0n) is 14.9. The first-order valence-corrected chi connectivity index (χ1v) is 8.25. The SMILES string of the molecule is COc1ccc(-c2noc(-c3nnn(-c4ccccc4C(F)(F)F)c3N)n2)cc1. The highest BCUT2D eigenvalue weighted by molar-refractivity contribution is 5.67. The average molecular weight is 402 g/mol. The van der Waals surface area contributed by atoms with Gasteiger partial charge in [0.05, 0.1) is 18.4 Å². The number of para-hydroxylation sites is 1. The number of hydrogen-bond acceptors (Lipinski definition) is 7. The summed E-state index contributed by atoms with van der Waals surface area (Å²) in [5.74, 6) is 0.691. The molecule has 0 fully saturated rings. The molecule has 11 heteroatoms. The van der Waals surface area contributed by atoms with Gasteiger partial charge in [0.1, 0.15) is 5.75 Å². The molecule has 2 aromatic carbocycles. The molecule has 4 aromatic rings. The molecule has 8 nitrogen and oxygen atoms in total. The molecule has 0 saturated carbocycles. The second-order valence-electron chi connectivity index (χ2n) is 5.90. The Hall–Kier alpha value is -3.89. The van der Waals surface area contributed by atoms with Crippen LogP contribution in [0.25, 0.3) is 28.7 Å². The highest BCUT2D eigenvalue weighted by Crippen LogP contribution is 2.35. The van der Waals surface area contributed by atoms with Crippen molar-refractivity contribution in [2.75, 3.05) is 12.8 Å². The summed E-state index contributed by atoms with van der Waals surface area (Å²) in [6.45, 7) is 0. The number of nitrogens with two attached hydrogens (primary N) is 1. The van der Waals surface area contributed by atoms with Crippen molar-refractivity contribution in [3.05, 3.63) is 54.1 Å². The molecule has 2 heterocycles. The quantitative estimate of drug-likeness (QED) is 0.556. The number of alkyl halides is 3. The first kappa shape index (κ1) is 18.5. The number of rotatable bonds is 4. The summed E-state index contributed by atoms with van der Waals surface area (Å²) in [6, 6.07) is 11.8. The molecule has 0 atom stereocenters. The van der Waals surface area contributed by atoms with E-state index in [-0.39, 0.29) is 28.9 Å². The summed E-state index contributed by atoms with van der Waals surface area (Å²) >= 11 is 0. The fraction of sp³-hybridized carbons (Fsp3) is 0.111. The van der Waals surface area contributed by atoms with Gasteiger partial charge in [0.15, 0.2) is 11.5 Å². The summed E-state index contributed by atoms with van der Waals surface area (Å²) in [7, 11) is 1.55. The lowest BCUT2D eigenvalue weighted by molar-refractivity contribution is -0.137. The third kappa shape index (κ3) is 3.37. The van der Waals surface area contributed by atoms with Crippen LogP contribution in [-0.4, -0.2) is 32.2 Å². The van der Waals surface area contributed by atoms with E-state index in [0.717, 1.165) is 10.7 Å². The minimum Gasteiger partial charge on any atom is -0.497 e. The highest BCUT2D eigenvalue weighted by Gasteiger charge is 2.35. The van der Waals surface area contributed by atoms with Gasteiger partial charge in [-0.1, -0.05) is 22.5 Å². The van der Waals surface area contributed by atoms with Crippen molar-refractivity contribution in [2.45, 2.75) is 6.18 Å². The molecular formula is C18H13F3N6O2. The minimum atomic E-state index is -4.58. The van der Waals surface area contributed by atoms with Crippen LogP contribution >= 0.6 is 0 Å². The van der Waals surface area contributed by atoms with Crippen molar-refractivity contribution in [1.82, 2.24) is 25.1 Å². The summed E-state index contributed by atoms with van der Waals surface area (Å²) in [5.41, 5.74) is 5.47. The van der Waals surface area contributed by atoms with Gasteiger partial charge in [-0.25, -0.2) is 0 Å². The van der Waals surface area contributed by atoms with E-state index in [1.54, 1.807) is 31.4 Å². The number of nitrogen functional groups attached to an aromatic ring is 1. The van der Waals surface area contributed by atoms with Gasteiger partial charge in [0.2, 0.25) is 5.82 Å². The smallest absolute Gasteiger partial charge is 0.418 e. The Balaban J connectivity index is 1.71. The lowest BCUT2D eigenvalue weighted by Crippen LogP contribution is -2.12. The molecule has 148 valence electrons. The van der Waals surface area contributed by atoms with Gasteiger partial charge in [-0.15, -0.1) is 5.10 Å². The van der Waals surface area contributed by atoms with Gasteiger partial charge in [-0.3, -0.25) is 0 Å². The molecule has 0 saturated heterocycles. The first-order valence-electron chi connectivity index (χ1n) is 8.25. The van der Waals surface area contributed by atoms with E-state index >= 15 is 0 Å². The second kappa shape index (κ2) is 6.93. The van der Waals surface area contributed by atoms with Crippen molar-refractivity contribution < 1.29 is 22.4 Å². The van der Waals surface area contributed by atoms with Crippen LogP contribution in [0.1, 0.15) is 5.56 Å². The standard InChI is InChI=1S/C18H13F3N6O2/c1-28-11-8-6-10(7-9-11)16-23-17(29-25-16)14-15(22)27(26-24-14)13-5-3-2-4-12(13)18(19,20)21/h2-9H,22H2,1H3. The number of benzene rings is 2. The average Bonchev–Trinajstić information content (AvgIpc) is 3.34. The zero-order chi connectivity index (χ0) is 20.6. The summed E-state index contributed by atoms with van der Waals surface area (Å²) in [6.07, 6.45) is -4.58. The van der Waals surface area contributed by atoms with Crippen molar-refractivity contribution >= 4 is 5.82 Å². The fourth-order valence-corrected chi connectivity index (χ4v) is 2.69. The fourth-order valence-electron chi connectivity index (χ4n) is 2.69. The Kier molecular flexibility index (Phi) is 4.41. The zero-order valence-corrected chi connectivity index (χ0v) is 14.9. The second-order valence-corrected chi connectivity index (χ2v) is 5.90. The molecule has 0 aliphatic rings. The van der Waals surface area contributed by atoms with E-state index in [0.29, 0.717) is 11.3 Å². The molecule has 29 heavy (non-hydrogen) atoms. The van der Waals surface area contributed by atoms with Crippen LogP contribution < -0.4 is 10.5 Å². The number of aromatic nitrogens is 5. The third-order valence-corrected chi connectivity index (χ3v) is 4.12. The maximum Gasteiger partial charge on any atom is 0.418 e. The van der Waals surface area contributed by atoms with Gasteiger partial charge in [0, 0.05) is 5.56 Å². The number of hydrogen-bond donors (Lipinski definition) is 1. The highest BCUT2D eigenvalue weighted by atomic mass is 19.4. The number of ether oxygens (including phenoxy) is 1. The molecule has 2 N–H and O–H groups in total. The van der Waals surface area contributed by atoms with Crippen LogP contribution in [0.15, 0.2) is 53.1 Å². The maximum absolute atomic E-state index is 13.3. The van der Waals surface area contributed by atoms with Crippen molar-refractivity contribution in [1.29, 1.82) is 0 Å². The molecular weight excluding hydrogens is 389 g/mol. The van der Waals surface area contributed by atoms with Crippen LogP contribution in [0.2, 0.25) is 0 Å². The van der Waals surface area contributed by atoms with Crippen molar-refractivity contribution in [3.63, 3.8) is 0 Å². The lowest BCUT2D eigenvalue weighted by atomic mass is 10.1. The number of halogens is 3. The first-order chi connectivity index (χ1) is 13.9. The van der Waals surface area contributed by atoms with E-state index in [9.17, 15) is 13.2 Å². The summed E-state index contributed by atoms with van der Waals surface area (Å²) in [5, 5.41) is 11.4. The number of methoxy groups -OCH3 is 1. The Bertz CT molecular complexity index is 1150. The van der Waals surface area contributed by atoms with Crippen molar-refractivity contribution in [3.8, 4) is 34.4 Å². The molecule has 0 unspecified atom stereocenters. The number of nitrogens with zero attached hydrogens (tertiary/aromatic N) is 5. The van der Waals surface area contributed by atoms with Gasteiger partial charge >= 0.3 is 6.18 Å². The molecule has 4 rings (SSSR count). The summed E-state index contributed by atoms with van der Waals surface area (Å²) in [4.78, 5) is 4.21. The van der Waals surface area contributed by atoms with Gasteiger partial charge < -0.3 is 15.0 Å². The Morgan fingerprint density at radius 1 is 1.07 bits per heavy atom. The van der Waals surface area contributed by atoms with Crippen LogP contribution in [0.3, 0.4) is 0 Å². The Labute approximate surface area is 161 Å². The predicted octanol–water partition coefficient (Wildman–Crippen LogP) is 3.59. The summed E-state index contributed by atoms with van der Waals surface area (Å²) < 4.78 is 51.0. The van der Waals surface area contributed by atoms with E-state index in [4.69, 9.17) is 15.0 Å². The monoisotopic (exact) mass is 402 g/mol. The van der Waals surface area contributed by atoms with E-state index < -0.39 is 11.7 Å². The Morgan fingerprint density at radius 3 is 2.48 bits per heavy atom. The molecule has 2 aromatic heterocycles. The van der Waals surface area contributed by atoms with E-state index in [2.05, 4.69) is 20.5 Å². The van der Waals surface area contributed by atoms with Gasteiger partial charge in [0.25, 0.3) is 5.89 Å². The Morgan fingerprint density at radius 2 is 1.79 bits per heavy atom. The molecule has 0 radical (unpaired) electrons. The maximum atomic E-state index is 13.3. The lowest BCUT2D eigenvalue weighted by Gasteiger charge is -2.12. The van der Waals surface area contributed by atoms with Crippen LogP contribution in [0.5, 0.6) is 5.75 Å². The molecule has 0 aliphatic carbocycles. The van der Waals surface area contributed by atoms with Crippen molar-refractivity contribution in [2.24, 2.45) is 0 Å². The van der Waals surface area contributed by atoms with Gasteiger partial charge in [-0.05, 0) is 36.4 Å². The van der Waals surface area contributed by atoms with E-state index in [1.807, 2.05) is 0 Å². The minimum absolute atomic E-state index is 0.0192. The molecule has 0 aliphatic heterocycles.